The molecule has 2 saturated heterocycles. The largest absolute Gasteiger partial charge is 0.444 e. The van der Waals surface area contributed by atoms with Gasteiger partial charge in [0, 0.05) is 18.5 Å². The summed E-state index contributed by atoms with van der Waals surface area (Å²) in [6.45, 7) is 5.77. The Morgan fingerprint density at radius 2 is 1.89 bits per heavy atom. The summed E-state index contributed by atoms with van der Waals surface area (Å²) in [6.07, 6.45) is 11.6. The molecular formula is C16H25NO2. The number of carbonyl (C=O) groups excluding carboxylic acids is 1. The van der Waals surface area contributed by atoms with Crippen molar-refractivity contribution in [1.82, 2.24) is 4.90 Å². The van der Waals surface area contributed by atoms with Crippen molar-refractivity contribution in [2.45, 2.75) is 77.0 Å². The summed E-state index contributed by atoms with van der Waals surface area (Å²) < 4.78 is 5.56. The minimum atomic E-state index is -0.416. The molecule has 19 heavy (non-hydrogen) atoms. The van der Waals surface area contributed by atoms with Crippen LogP contribution in [0.4, 0.5) is 4.79 Å². The first-order valence-corrected chi connectivity index (χ1v) is 7.35. The zero-order chi connectivity index (χ0) is 14.0. The van der Waals surface area contributed by atoms with Crippen LogP contribution in [0, 0.1) is 18.3 Å². The number of fused-ring (bicyclic) bond motifs is 2. The van der Waals surface area contributed by atoms with Gasteiger partial charge in [-0.25, -0.2) is 4.79 Å². The third kappa shape index (κ3) is 3.43. The van der Waals surface area contributed by atoms with Crippen molar-refractivity contribution >= 4 is 6.09 Å². The van der Waals surface area contributed by atoms with Crippen molar-refractivity contribution in [3.8, 4) is 12.3 Å². The van der Waals surface area contributed by atoms with E-state index in [1.54, 1.807) is 0 Å². The molecule has 0 aliphatic carbocycles. The van der Waals surface area contributed by atoms with Crippen LogP contribution >= 0.6 is 0 Å². The van der Waals surface area contributed by atoms with Crippen molar-refractivity contribution in [2.24, 2.45) is 5.92 Å². The van der Waals surface area contributed by atoms with E-state index >= 15 is 0 Å². The van der Waals surface area contributed by atoms with Crippen molar-refractivity contribution in [3.05, 3.63) is 0 Å². The standard InChI is InChI=1S/C16H25NO2/c1-5-7-12-10-13-8-6-9-14(11-12)17(13)15(18)19-16(2,3)4/h1,12-14H,6-11H2,2-4H3. The molecular weight excluding hydrogens is 238 g/mol. The predicted octanol–water partition coefficient (Wildman–Crippen LogP) is 3.58. The third-order valence-electron chi connectivity index (χ3n) is 4.08. The summed E-state index contributed by atoms with van der Waals surface area (Å²) in [7, 11) is 0. The van der Waals surface area contributed by atoms with Gasteiger partial charge in [0.15, 0.2) is 0 Å². The van der Waals surface area contributed by atoms with Crippen LogP contribution in [0.15, 0.2) is 0 Å². The quantitative estimate of drug-likeness (QED) is 0.677. The lowest BCUT2D eigenvalue weighted by molar-refractivity contribution is -0.0275. The normalized spacial score (nSPS) is 30.6. The van der Waals surface area contributed by atoms with E-state index in [4.69, 9.17) is 11.2 Å². The smallest absolute Gasteiger partial charge is 0.410 e. The molecule has 2 heterocycles. The second kappa shape index (κ2) is 5.45. The van der Waals surface area contributed by atoms with Gasteiger partial charge in [-0.2, -0.15) is 0 Å². The van der Waals surface area contributed by atoms with Crippen LogP contribution in [0.25, 0.3) is 0 Å². The lowest BCUT2D eigenvalue weighted by Gasteiger charge is -2.48. The maximum absolute atomic E-state index is 12.4. The summed E-state index contributed by atoms with van der Waals surface area (Å²) in [5, 5.41) is 0. The van der Waals surface area contributed by atoms with Crippen LogP contribution in [0.1, 0.15) is 59.3 Å². The molecule has 2 atom stereocenters. The SMILES string of the molecule is C#CCC1CC2CCCC(C1)N2C(=O)OC(C)(C)C. The average molecular weight is 263 g/mol. The van der Waals surface area contributed by atoms with Crippen LogP contribution < -0.4 is 0 Å². The Kier molecular flexibility index (Phi) is 4.08. The summed E-state index contributed by atoms with van der Waals surface area (Å²) in [5.74, 6) is 3.36. The molecule has 2 rings (SSSR count). The Labute approximate surface area is 116 Å². The van der Waals surface area contributed by atoms with Crippen molar-refractivity contribution in [3.63, 3.8) is 0 Å². The fourth-order valence-electron chi connectivity index (χ4n) is 3.44. The van der Waals surface area contributed by atoms with E-state index in [0.717, 1.165) is 32.1 Å². The molecule has 0 aromatic carbocycles. The Bertz CT molecular complexity index is 363. The van der Waals surface area contributed by atoms with Gasteiger partial charge in [-0.3, -0.25) is 0 Å². The lowest BCUT2D eigenvalue weighted by Crippen LogP contribution is -2.55. The van der Waals surface area contributed by atoms with Gasteiger partial charge in [-0.1, -0.05) is 0 Å². The average Bonchev–Trinajstić information content (AvgIpc) is 2.25. The minimum Gasteiger partial charge on any atom is -0.444 e. The molecule has 2 aliphatic rings. The molecule has 2 fully saturated rings. The van der Waals surface area contributed by atoms with Crippen molar-refractivity contribution in [2.75, 3.05) is 0 Å². The number of nitrogens with zero attached hydrogens (tertiary/aromatic N) is 1. The fourth-order valence-corrected chi connectivity index (χ4v) is 3.44. The van der Waals surface area contributed by atoms with E-state index in [0.29, 0.717) is 18.0 Å². The number of piperidine rings is 2. The molecule has 106 valence electrons. The number of ether oxygens (including phenoxy) is 1. The summed E-state index contributed by atoms with van der Waals surface area (Å²) in [4.78, 5) is 14.4. The first-order chi connectivity index (χ1) is 8.90. The van der Waals surface area contributed by atoms with Crippen LogP contribution in [0.5, 0.6) is 0 Å². The molecule has 0 aromatic rings. The van der Waals surface area contributed by atoms with Crippen LogP contribution in [-0.2, 0) is 4.74 Å². The second-order valence-corrected chi connectivity index (χ2v) is 6.87. The number of hydrogen-bond donors (Lipinski definition) is 0. The van der Waals surface area contributed by atoms with Gasteiger partial charge < -0.3 is 9.64 Å². The highest BCUT2D eigenvalue weighted by Crippen LogP contribution is 2.38. The van der Waals surface area contributed by atoms with E-state index < -0.39 is 5.60 Å². The Balaban J connectivity index is 2.06. The maximum Gasteiger partial charge on any atom is 0.410 e. The fraction of sp³-hybridized carbons (Fsp3) is 0.812. The summed E-state index contributed by atoms with van der Waals surface area (Å²) in [5.41, 5.74) is -0.416. The predicted molar refractivity (Wildman–Crippen MR) is 75.7 cm³/mol. The summed E-state index contributed by atoms with van der Waals surface area (Å²) >= 11 is 0. The van der Waals surface area contributed by atoms with Crippen LogP contribution in [-0.4, -0.2) is 28.7 Å². The highest BCUT2D eigenvalue weighted by molar-refractivity contribution is 5.69. The molecule has 0 radical (unpaired) electrons. The molecule has 0 aromatic heterocycles. The molecule has 1 amide bonds. The topological polar surface area (TPSA) is 29.5 Å². The zero-order valence-electron chi connectivity index (χ0n) is 12.3. The molecule has 3 nitrogen and oxygen atoms in total. The van der Waals surface area contributed by atoms with Crippen LogP contribution in [0.2, 0.25) is 0 Å². The highest BCUT2D eigenvalue weighted by atomic mass is 16.6. The second-order valence-electron chi connectivity index (χ2n) is 6.87. The van der Waals surface area contributed by atoms with Gasteiger partial charge in [0.25, 0.3) is 0 Å². The number of carbonyl (C=O) groups is 1. The first-order valence-electron chi connectivity index (χ1n) is 7.35. The zero-order valence-corrected chi connectivity index (χ0v) is 12.3. The Morgan fingerprint density at radius 1 is 1.32 bits per heavy atom. The van der Waals surface area contributed by atoms with E-state index in [-0.39, 0.29) is 6.09 Å². The van der Waals surface area contributed by atoms with Gasteiger partial charge in [0.1, 0.15) is 5.60 Å². The van der Waals surface area contributed by atoms with Gasteiger partial charge in [0.05, 0.1) is 0 Å². The van der Waals surface area contributed by atoms with E-state index in [2.05, 4.69) is 5.92 Å². The Hall–Kier alpha value is -1.17. The number of hydrogen-bond acceptors (Lipinski definition) is 2. The van der Waals surface area contributed by atoms with Gasteiger partial charge in [-0.05, 0) is 58.8 Å². The summed E-state index contributed by atoms with van der Waals surface area (Å²) in [6, 6.07) is 0.668. The maximum atomic E-state index is 12.4. The number of amides is 1. The lowest BCUT2D eigenvalue weighted by atomic mass is 9.77. The van der Waals surface area contributed by atoms with E-state index in [1.165, 1.54) is 6.42 Å². The number of rotatable bonds is 1. The van der Waals surface area contributed by atoms with Crippen molar-refractivity contribution < 1.29 is 9.53 Å². The molecule has 3 heteroatoms. The monoisotopic (exact) mass is 263 g/mol. The van der Waals surface area contributed by atoms with Gasteiger partial charge in [-0.15, -0.1) is 12.3 Å². The first kappa shape index (κ1) is 14.2. The highest BCUT2D eigenvalue weighted by Gasteiger charge is 2.42. The third-order valence-corrected chi connectivity index (χ3v) is 4.08. The van der Waals surface area contributed by atoms with Gasteiger partial charge >= 0.3 is 6.09 Å². The molecule has 0 N–H and O–H groups in total. The minimum absolute atomic E-state index is 0.138. The molecule has 0 spiro atoms. The van der Waals surface area contributed by atoms with Gasteiger partial charge in [0.2, 0.25) is 0 Å². The molecule has 2 unspecified atom stereocenters. The van der Waals surface area contributed by atoms with E-state index in [1.807, 2.05) is 25.7 Å². The molecule has 0 saturated carbocycles. The van der Waals surface area contributed by atoms with E-state index in [9.17, 15) is 4.79 Å². The Morgan fingerprint density at radius 3 is 2.37 bits per heavy atom. The van der Waals surface area contributed by atoms with Crippen LogP contribution in [0.3, 0.4) is 0 Å². The number of terminal acetylenes is 1. The van der Waals surface area contributed by atoms with Crippen molar-refractivity contribution in [1.29, 1.82) is 0 Å². The molecule has 2 bridgehead atoms. The molecule has 2 aliphatic heterocycles.